The molecule has 4 nitrogen and oxygen atoms in total. The Morgan fingerprint density at radius 3 is 2.36 bits per heavy atom. The van der Waals surface area contributed by atoms with Crippen LogP contribution in [0, 0.1) is 0 Å². The predicted molar refractivity (Wildman–Crippen MR) is 94.2 cm³/mol. The van der Waals surface area contributed by atoms with Gasteiger partial charge in [-0.3, -0.25) is 9.59 Å². The van der Waals surface area contributed by atoms with Crippen LogP contribution in [0.25, 0.3) is 0 Å². The van der Waals surface area contributed by atoms with Crippen molar-refractivity contribution in [1.82, 2.24) is 0 Å². The van der Waals surface area contributed by atoms with Gasteiger partial charge in [-0.1, -0.05) is 23.2 Å². The monoisotopic (exact) mass is 378 g/mol. The highest BCUT2D eigenvalue weighted by atomic mass is 35.5. The lowest BCUT2D eigenvalue weighted by Gasteiger charge is -2.35. The minimum Gasteiger partial charge on any atom is -0.512 e. The molecule has 0 saturated heterocycles. The Hall–Kier alpha value is -1.78. The van der Waals surface area contributed by atoms with Gasteiger partial charge in [0.15, 0.2) is 11.6 Å². The van der Waals surface area contributed by atoms with Crippen molar-refractivity contribution >= 4 is 34.8 Å². The Balaban J connectivity index is 2.00. The van der Waals surface area contributed by atoms with Crippen molar-refractivity contribution in [2.75, 3.05) is 0 Å². The number of allylic oxidation sites excluding steroid dienone is 4. The summed E-state index contributed by atoms with van der Waals surface area (Å²) in [5.74, 6) is 0.181. The van der Waals surface area contributed by atoms with Crippen LogP contribution in [0.4, 0.5) is 0 Å². The fraction of sp³-hybridized carbons (Fsp3) is 0.368. The molecule has 6 heteroatoms. The molecule has 2 aliphatic carbocycles. The summed E-state index contributed by atoms with van der Waals surface area (Å²) >= 11 is 12.5. The maximum absolute atomic E-state index is 12.7. The molecular formula is C19H16Cl2O4. The van der Waals surface area contributed by atoms with Crippen LogP contribution in [0.1, 0.15) is 50.0 Å². The maximum Gasteiger partial charge on any atom is 0.163 e. The number of fused-ring (bicyclic) bond motifs is 1. The molecule has 1 heterocycles. The van der Waals surface area contributed by atoms with Gasteiger partial charge < -0.3 is 9.84 Å². The van der Waals surface area contributed by atoms with E-state index in [-0.39, 0.29) is 22.9 Å². The first-order chi connectivity index (χ1) is 12.0. The zero-order valence-corrected chi connectivity index (χ0v) is 14.9. The van der Waals surface area contributed by atoms with Crippen LogP contribution in [0.5, 0.6) is 5.75 Å². The SMILES string of the molecule is O=C1CCCC(O)=C1C1C2=C(CCCC2=O)Oc2c(Cl)cc(Cl)cc21. The number of Topliss-reactive ketones (excluding diaryl/α,β-unsaturated/α-hetero) is 2. The molecule has 4 rings (SSSR count). The van der Waals surface area contributed by atoms with Gasteiger partial charge >= 0.3 is 0 Å². The van der Waals surface area contributed by atoms with Gasteiger partial charge in [0.1, 0.15) is 11.5 Å². The number of ketones is 2. The quantitative estimate of drug-likeness (QED) is 0.743. The molecule has 1 aliphatic heterocycles. The topological polar surface area (TPSA) is 63.6 Å². The molecule has 0 fully saturated rings. The van der Waals surface area contributed by atoms with Crippen LogP contribution in [0.3, 0.4) is 0 Å². The Morgan fingerprint density at radius 2 is 1.64 bits per heavy atom. The van der Waals surface area contributed by atoms with Crippen molar-refractivity contribution in [2.45, 2.75) is 44.4 Å². The first-order valence-corrected chi connectivity index (χ1v) is 9.11. The van der Waals surface area contributed by atoms with E-state index in [4.69, 9.17) is 27.9 Å². The van der Waals surface area contributed by atoms with E-state index in [1.54, 1.807) is 12.1 Å². The number of hydrogen-bond acceptors (Lipinski definition) is 4. The van der Waals surface area contributed by atoms with Crippen LogP contribution in [0.15, 0.2) is 34.8 Å². The number of rotatable bonds is 1. The fourth-order valence-electron chi connectivity index (χ4n) is 3.92. The number of aliphatic hydroxyl groups is 1. The molecule has 0 spiro atoms. The molecule has 0 saturated carbocycles. The summed E-state index contributed by atoms with van der Waals surface area (Å²) < 4.78 is 5.94. The Morgan fingerprint density at radius 1 is 0.960 bits per heavy atom. The van der Waals surface area contributed by atoms with Crippen LogP contribution >= 0.6 is 23.2 Å². The zero-order chi connectivity index (χ0) is 17.7. The van der Waals surface area contributed by atoms with Crippen LogP contribution in [0.2, 0.25) is 10.0 Å². The van der Waals surface area contributed by atoms with Gasteiger partial charge in [-0.2, -0.15) is 0 Å². The smallest absolute Gasteiger partial charge is 0.163 e. The van der Waals surface area contributed by atoms with Gasteiger partial charge in [-0.25, -0.2) is 0 Å². The van der Waals surface area contributed by atoms with Crippen LogP contribution in [-0.2, 0) is 9.59 Å². The lowest BCUT2D eigenvalue weighted by Crippen LogP contribution is -2.29. The normalized spacial score (nSPS) is 23.4. The van der Waals surface area contributed by atoms with Crippen molar-refractivity contribution in [1.29, 1.82) is 0 Å². The zero-order valence-electron chi connectivity index (χ0n) is 13.4. The molecule has 0 aromatic heterocycles. The summed E-state index contributed by atoms with van der Waals surface area (Å²) in [6, 6.07) is 3.24. The summed E-state index contributed by atoms with van der Waals surface area (Å²) in [6.07, 6.45) is 3.11. The summed E-state index contributed by atoms with van der Waals surface area (Å²) in [6.45, 7) is 0. The van der Waals surface area contributed by atoms with Gasteiger partial charge in [0.25, 0.3) is 0 Å². The molecule has 1 aromatic carbocycles. The third-order valence-corrected chi connectivity index (χ3v) is 5.49. The van der Waals surface area contributed by atoms with E-state index in [0.717, 1.165) is 0 Å². The summed E-state index contributed by atoms with van der Waals surface area (Å²) in [7, 11) is 0. The Bertz CT molecular complexity index is 866. The first kappa shape index (κ1) is 16.7. The highest BCUT2D eigenvalue weighted by Crippen LogP contribution is 2.51. The summed E-state index contributed by atoms with van der Waals surface area (Å²) in [5, 5.41) is 11.2. The molecule has 1 aromatic rings. The maximum atomic E-state index is 12.7. The lowest BCUT2D eigenvalue weighted by atomic mass is 9.73. The van der Waals surface area contributed by atoms with Gasteiger partial charge in [-0.05, 0) is 25.0 Å². The second-order valence-electron chi connectivity index (χ2n) is 6.59. The second kappa shape index (κ2) is 6.19. The van der Waals surface area contributed by atoms with E-state index >= 15 is 0 Å². The fourth-order valence-corrected chi connectivity index (χ4v) is 4.47. The van der Waals surface area contributed by atoms with Crippen molar-refractivity contribution in [3.8, 4) is 5.75 Å². The molecule has 0 bridgehead atoms. The largest absolute Gasteiger partial charge is 0.512 e. The van der Waals surface area contributed by atoms with Crippen molar-refractivity contribution in [3.05, 3.63) is 50.4 Å². The minimum atomic E-state index is -0.657. The third kappa shape index (κ3) is 2.68. The van der Waals surface area contributed by atoms with Crippen molar-refractivity contribution < 1.29 is 19.4 Å². The number of hydrogen-bond donors (Lipinski definition) is 1. The highest BCUT2D eigenvalue weighted by molar-refractivity contribution is 6.35. The van der Waals surface area contributed by atoms with E-state index in [9.17, 15) is 14.7 Å². The average Bonchev–Trinajstić information content (AvgIpc) is 2.55. The number of benzene rings is 1. The Kier molecular flexibility index (Phi) is 4.13. The van der Waals surface area contributed by atoms with Gasteiger partial charge in [0.2, 0.25) is 0 Å². The van der Waals surface area contributed by atoms with E-state index in [1.807, 2.05) is 0 Å². The van der Waals surface area contributed by atoms with Crippen molar-refractivity contribution in [3.63, 3.8) is 0 Å². The Labute approximate surface area is 155 Å². The van der Waals surface area contributed by atoms with Crippen molar-refractivity contribution in [2.24, 2.45) is 0 Å². The molecule has 25 heavy (non-hydrogen) atoms. The number of carbonyl (C=O) groups excluding carboxylic acids is 2. The van der Waals surface area contributed by atoms with E-state index in [2.05, 4.69) is 0 Å². The van der Waals surface area contributed by atoms with Gasteiger partial charge in [0.05, 0.1) is 16.7 Å². The predicted octanol–water partition coefficient (Wildman–Crippen LogP) is 5.04. The standard InChI is InChI=1S/C19H16Cl2O4/c20-9-7-10-16(17-12(22)3-1-4-13(17)23)18-14(24)5-2-6-15(18)25-19(10)11(21)8-9/h7-8,16,22H,1-6H2. The number of ether oxygens (including phenoxy) is 1. The summed E-state index contributed by atoms with van der Waals surface area (Å²) in [5.41, 5.74) is 1.33. The minimum absolute atomic E-state index is 0.0494. The van der Waals surface area contributed by atoms with Crippen LogP contribution < -0.4 is 4.74 Å². The highest BCUT2D eigenvalue weighted by Gasteiger charge is 2.42. The van der Waals surface area contributed by atoms with E-state index in [1.165, 1.54) is 0 Å². The van der Waals surface area contributed by atoms with Crippen LogP contribution in [-0.4, -0.2) is 16.7 Å². The molecular weight excluding hydrogens is 363 g/mol. The second-order valence-corrected chi connectivity index (χ2v) is 7.44. The molecule has 1 N–H and O–H groups in total. The summed E-state index contributed by atoms with van der Waals surface area (Å²) in [4.78, 5) is 25.3. The molecule has 1 atom stereocenters. The van der Waals surface area contributed by atoms with Gasteiger partial charge in [0, 0.05) is 47.4 Å². The number of carbonyl (C=O) groups is 2. The molecule has 0 radical (unpaired) electrons. The molecule has 130 valence electrons. The number of halogens is 2. The lowest BCUT2D eigenvalue weighted by molar-refractivity contribution is -0.117. The molecule has 0 amide bonds. The average molecular weight is 379 g/mol. The first-order valence-electron chi connectivity index (χ1n) is 8.35. The van der Waals surface area contributed by atoms with E-state index < -0.39 is 5.92 Å². The number of aliphatic hydroxyl groups excluding tert-OH is 1. The molecule has 1 unspecified atom stereocenters. The van der Waals surface area contributed by atoms with E-state index in [0.29, 0.717) is 71.2 Å². The molecule has 3 aliphatic rings. The third-order valence-electron chi connectivity index (χ3n) is 4.99. The van der Waals surface area contributed by atoms with Gasteiger partial charge in [-0.15, -0.1) is 0 Å².